The van der Waals surface area contributed by atoms with Gasteiger partial charge in [-0.2, -0.15) is 0 Å². The maximum Gasteiger partial charge on any atom is 0.361 e. The van der Waals surface area contributed by atoms with Gasteiger partial charge in [-0.15, -0.1) is 0 Å². The molecule has 0 fully saturated rings. The summed E-state index contributed by atoms with van der Waals surface area (Å²) in [5.74, 6) is -1.98. The number of carboxylic acid groups (broad SMARTS) is 1. The van der Waals surface area contributed by atoms with Crippen molar-refractivity contribution >= 4 is 17.9 Å². The van der Waals surface area contributed by atoms with Crippen molar-refractivity contribution in [2.45, 2.75) is 302 Å². The molecule has 0 amide bonds. The Morgan fingerprint density at radius 2 is 0.682 bits per heavy atom. The van der Waals surface area contributed by atoms with E-state index in [-0.39, 0.29) is 38.2 Å². The van der Waals surface area contributed by atoms with Crippen LogP contribution in [0.1, 0.15) is 290 Å². The van der Waals surface area contributed by atoms with E-state index in [4.69, 9.17) is 18.9 Å². The summed E-state index contributed by atoms with van der Waals surface area (Å²) in [4.78, 5) is 37.2. The second-order valence-corrected chi connectivity index (χ2v) is 21.0. The summed E-state index contributed by atoms with van der Waals surface area (Å²) in [6, 6.07) is 0. The van der Waals surface area contributed by atoms with Crippen LogP contribution in [0.15, 0.2) is 0 Å². The third kappa shape index (κ3) is 50.2. The molecular formula is C57H112NO8+. The molecule has 9 nitrogen and oxygen atoms in total. The molecule has 2 unspecified atom stereocenters. The Morgan fingerprint density at radius 1 is 0.394 bits per heavy atom. The second-order valence-electron chi connectivity index (χ2n) is 21.0. The van der Waals surface area contributed by atoms with Gasteiger partial charge in [0.25, 0.3) is 6.29 Å². The van der Waals surface area contributed by atoms with Gasteiger partial charge in [0.2, 0.25) is 0 Å². The number of hydrogen-bond acceptors (Lipinski definition) is 7. The minimum Gasteiger partial charge on any atom is -0.477 e. The van der Waals surface area contributed by atoms with Gasteiger partial charge in [0, 0.05) is 12.8 Å². The lowest BCUT2D eigenvalue weighted by atomic mass is 10.0. The third-order valence-corrected chi connectivity index (χ3v) is 13.1. The topological polar surface area (TPSA) is 108 Å². The van der Waals surface area contributed by atoms with E-state index >= 15 is 0 Å². The van der Waals surface area contributed by atoms with Gasteiger partial charge in [-0.1, -0.05) is 264 Å². The first kappa shape index (κ1) is 64.3. The third-order valence-electron chi connectivity index (χ3n) is 13.1. The molecular weight excluding hydrogens is 827 g/mol. The molecule has 392 valence electrons. The SMILES string of the molecule is CCCCCCCCCCCCCCCCCCCCCCCCCCCCCCCCCCC(=O)OC(COC(=O)CCCCCCCCCCC)COC(OCC[N+](C)(C)C)C(=O)O. The standard InChI is InChI=1S/C57H111NO8/c1-6-8-10-12-14-16-17-18-19-20-21-22-23-24-25-26-27-28-29-30-31-32-33-34-35-36-37-38-40-42-44-46-48-55(60)66-53(52-65-57(56(61)62)63-50-49-58(3,4)5)51-64-54(59)47-45-43-41-39-15-13-11-9-7-2/h53,57H,6-52H2,1-5H3/p+1. The number of nitrogens with zero attached hydrogens (tertiary/aromatic N) is 1. The van der Waals surface area contributed by atoms with Crippen LogP contribution in [0.2, 0.25) is 0 Å². The van der Waals surface area contributed by atoms with Crippen LogP contribution < -0.4 is 0 Å². The van der Waals surface area contributed by atoms with Crippen LogP contribution in [0.3, 0.4) is 0 Å². The summed E-state index contributed by atoms with van der Waals surface area (Å²) in [6.45, 7) is 4.90. The molecule has 0 aliphatic carbocycles. The predicted octanol–water partition coefficient (Wildman–Crippen LogP) is 16.4. The first-order valence-corrected chi connectivity index (χ1v) is 28.7. The van der Waals surface area contributed by atoms with Crippen molar-refractivity contribution in [1.82, 2.24) is 0 Å². The zero-order valence-electron chi connectivity index (χ0n) is 44.6. The van der Waals surface area contributed by atoms with Crippen LogP contribution in [0.5, 0.6) is 0 Å². The summed E-state index contributed by atoms with van der Waals surface area (Å²) in [7, 11) is 5.97. The van der Waals surface area contributed by atoms with E-state index in [0.29, 0.717) is 17.4 Å². The summed E-state index contributed by atoms with van der Waals surface area (Å²) in [6.07, 6.45) is 52.2. The Hall–Kier alpha value is -1.71. The number of carbonyl (C=O) groups is 3. The molecule has 0 aromatic carbocycles. The fourth-order valence-electron chi connectivity index (χ4n) is 8.66. The lowest BCUT2D eigenvalue weighted by molar-refractivity contribution is -0.870. The van der Waals surface area contributed by atoms with Crippen LogP contribution in [-0.4, -0.2) is 87.4 Å². The summed E-state index contributed by atoms with van der Waals surface area (Å²) >= 11 is 0. The number of ether oxygens (including phenoxy) is 4. The first-order valence-electron chi connectivity index (χ1n) is 28.7. The highest BCUT2D eigenvalue weighted by Gasteiger charge is 2.25. The van der Waals surface area contributed by atoms with Crippen molar-refractivity contribution in [2.24, 2.45) is 0 Å². The van der Waals surface area contributed by atoms with Crippen molar-refractivity contribution < 1.29 is 42.9 Å². The van der Waals surface area contributed by atoms with Crippen molar-refractivity contribution in [3.05, 3.63) is 0 Å². The van der Waals surface area contributed by atoms with Gasteiger partial charge in [0.1, 0.15) is 13.2 Å². The molecule has 66 heavy (non-hydrogen) atoms. The monoisotopic (exact) mass is 939 g/mol. The zero-order valence-corrected chi connectivity index (χ0v) is 44.6. The molecule has 0 heterocycles. The Kier molecular flexibility index (Phi) is 48.4. The number of unbranched alkanes of at least 4 members (excludes halogenated alkanes) is 39. The second kappa shape index (κ2) is 49.7. The first-order chi connectivity index (χ1) is 32.1. The molecule has 0 saturated heterocycles. The van der Waals surface area contributed by atoms with Crippen LogP contribution in [0.4, 0.5) is 0 Å². The van der Waals surface area contributed by atoms with Crippen LogP contribution in [0.25, 0.3) is 0 Å². The summed E-state index contributed by atoms with van der Waals surface area (Å²) < 4.78 is 22.8. The van der Waals surface area contributed by atoms with Gasteiger partial charge < -0.3 is 28.5 Å². The van der Waals surface area contributed by atoms with Crippen LogP contribution in [0, 0.1) is 0 Å². The van der Waals surface area contributed by atoms with E-state index in [0.717, 1.165) is 38.5 Å². The maximum absolute atomic E-state index is 12.8. The lowest BCUT2D eigenvalue weighted by Gasteiger charge is -2.25. The Labute approximate surface area is 409 Å². The average molecular weight is 940 g/mol. The molecule has 0 aliphatic heterocycles. The minimum atomic E-state index is -1.50. The van der Waals surface area contributed by atoms with Crippen molar-refractivity contribution in [3.63, 3.8) is 0 Å². The smallest absolute Gasteiger partial charge is 0.361 e. The number of esters is 2. The Balaban J connectivity index is 3.95. The largest absolute Gasteiger partial charge is 0.477 e. The Morgan fingerprint density at radius 3 is 0.970 bits per heavy atom. The minimum absolute atomic E-state index is 0.174. The van der Waals surface area contributed by atoms with Gasteiger partial charge in [-0.05, 0) is 12.8 Å². The van der Waals surface area contributed by atoms with Crippen molar-refractivity contribution in [1.29, 1.82) is 0 Å². The molecule has 9 heteroatoms. The summed E-state index contributed by atoms with van der Waals surface area (Å²) in [5, 5.41) is 9.65. The maximum atomic E-state index is 12.8. The van der Waals surface area contributed by atoms with Gasteiger partial charge in [-0.25, -0.2) is 4.79 Å². The highest BCUT2D eigenvalue weighted by molar-refractivity contribution is 5.71. The van der Waals surface area contributed by atoms with Crippen LogP contribution in [-0.2, 0) is 33.3 Å². The normalized spacial score (nSPS) is 12.7. The van der Waals surface area contributed by atoms with E-state index in [1.165, 1.54) is 225 Å². The molecule has 1 N–H and O–H groups in total. The molecule has 0 radical (unpaired) electrons. The number of likely N-dealkylation sites (N-methyl/N-ethyl adjacent to an activating group) is 1. The molecule has 0 saturated carbocycles. The van der Waals surface area contributed by atoms with Gasteiger partial charge in [0.05, 0.1) is 34.4 Å². The molecule has 0 aromatic rings. The quantitative estimate of drug-likeness (QED) is 0.0278. The molecule has 0 rings (SSSR count). The van der Waals surface area contributed by atoms with Gasteiger partial charge in [0.15, 0.2) is 6.10 Å². The molecule has 0 bridgehead atoms. The van der Waals surface area contributed by atoms with Gasteiger partial charge in [-0.3, -0.25) is 9.59 Å². The number of hydrogen-bond donors (Lipinski definition) is 1. The average Bonchev–Trinajstić information content (AvgIpc) is 3.28. The van der Waals surface area contributed by atoms with Crippen LogP contribution >= 0.6 is 0 Å². The number of rotatable bonds is 54. The fourth-order valence-corrected chi connectivity index (χ4v) is 8.66. The fraction of sp³-hybridized carbons (Fsp3) is 0.947. The number of carboxylic acids is 1. The number of quaternary nitrogens is 1. The highest BCUT2D eigenvalue weighted by Crippen LogP contribution is 2.18. The zero-order chi connectivity index (χ0) is 48.4. The van der Waals surface area contributed by atoms with E-state index in [1.807, 2.05) is 21.1 Å². The number of aliphatic carboxylic acids is 1. The highest BCUT2D eigenvalue weighted by atomic mass is 16.7. The molecule has 0 spiro atoms. The molecule has 0 aliphatic rings. The van der Waals surface area contributed by atoms with E-state index < -0.39 is 18.4 Å². The number of carbonyl (C=O) groups excluding carboxylic acids is 2. The molecule has 2 atom stereocenters. The van der Waals surface area contributed by atoms with Gasteiger partial charge >= 0.3 is 17.9 Å². The van der Waals surface area contributed by atoms with E-state index in [2.05, 4.69) is 13.8 Å². The predicted molar refractivity (Wildman–Crippen MR) is 277 cm³/mol. The van der Waals surface area contributed by atoms with E-state index in [9.17, 15) is 19.5 Å². The lowest BCUT2D eigenvalue weighted by Crippen LogP contribution is -2.40. The van der Waals surface area contributed by atoms with Crippen molar-refractivity contribution in [3.8, 4) is 0 Å². The van der Waals surface area contributed by atoms with E-state index in [1.54, 1.807) is 0 Å². The molecule has 0 aromatic heterocycles. The van der Waals surface area contributed by atoms with Crippen molar-refractivity contribution in [2.75, 3.05) is 47.5 Å². The summed E-state index contributed by atoms with van der Waals surface area (Å²) in [5.41, 5.74) is 0. The Bertz CT molecular complexity index is 1050.